The molecule has 0 atom stereocenters. The predicted molar refractivity (Wildman–Crippen MR) is 116 cm³/mol. The number of benzene rings is 2. The standard InChI is InChI=1S/C22H23N3O3S/c1-16-8-9-20(14-17(16)2)24-22(26)19-10-12-23-21(15-19)25-29(27,28)13-11-18-6-4-3-5-7-18/h3-10,12,14-15H,11,13H2,1-2H3,(H,23,25)(H,24,26). The summed E-state index contributed by atoms with van der Waals surface area (Å²) in [5.41, 5.74) is 4.15. The molecule has 3 rings (SSSR count). The van der Waals surface area contributed by atoms with Crippen molar-refractivity contribution in [3.05, 3.63) is 89.1 Å². The first-order valence-corrected chi connectivity index (χ1v) is 10.9. The van der Waals surface area contributed by atoms with E-state index in [0.29, 0.717) is 17.7 Å². The number of hydrogen-bond donors (Lipinski definition) is 2. The van der Waals surface area contributed by atoms with Gasteiger partial charge in [0, 0.05) is 17.4 Å². The molecule has 0 radical (unpaired) electrons. The van der Waals surface area contributed by atoms with Crippen LogP contribution in [0.3, 0.4) is 0 Å². The number of hydrogen-bond acceptors (Lipinski definition) is 4. The Bertz CT molecular complexity index is 1110. The lowest BCUT2D eigenvalue weighted by Crippen LogP contribution is -2.19. The third-order valence-corrected chi connectivity index (χ3v) is 5.81. The largest absolute Gasteiger partial charge is 0.322 e. The number of carbonyl (C=O) groups is 1. The third-order valence-electron chi connectivity index (χ3n) is 4.55. The van der Waals surface area contributed by atoms with E-state index in [4.69, 9.17) is 0 Å². The van der Waals surface area contributed by atoms with Crippen molar-refractivity contribution >= 4 is 27.4 Å². The zero-order valence-corrected chi connectivity index (χ0v) is 17.2. The fraction of sp³-hybridized carbons (Fsp3) is 0.182. The van der Waals surface area contributed by atoms with E-state index in [1.54, 1.807) is 0 Å². The molecule has 0 saturated carbocycles. The summed E-state index contributed by atoms with van der Waals surface area (Å²) in [5, 5.41) is 2.82. The molecule has 0 aliphatic heterocycles. The Morgan fingerprint density at radius 3 is 2.45 bits per heavy atom. The van der Waals surface area contributed by atoms with Crippen molar-refractivity contribution in [2.24, 2.45) is 0 Å². The second kappa shape index (κ2) is 8.87. The molecule has 0 unspecified atom stereocenters. The second-order valence-electron chi connectivity index (χ2n) is 6.84. The Kier molecular flexibility index (Phi) is 6.29. The quantitative estimate of drug-likeness (QED) is 0.619. The predicted octanol–water partition coefficient (Wildman–Crippen LogP) is 3.94. The molecule has 0 aliphatic rings. The van der Waals surface area contributed by atoms with Crippen LogP contribution >= 0.6 is 0 Å². The van der Waals surface area contributed by atoms with Crippen molar-refractivity contribution in [1.82, 2.24) is 4.98 Å². The van der Waals surface area contributed by atoms with Gasteiger partial charge in [-0.2, -0.15) is 0 Å². The fourth-order valence-electron chi connectivity index (χ4n) is 2.76. The highest BCUT2D eigenvalue weighted by Gasteiger charge is 2.14. The lowest BCUT2D eigenvalue weighted by molar-refractivity contribution is 0.102. The second-order valence-corrected chi connectivity index (χ2v) is 8.68. The Hall–Kier alpha value is -3.19. The number of anilines is 2. The molecular weight excluding hydrogens is 386 g/mol. The van der Waals surface area contributed by atoms with Gasteiger partial charge in [-0.05, 0) is 61.2 Å². The lowest BCUT2D eigenvalue weighted by Gasteiger charge is -2.10. The Morgan fingerprint density at radius 2 is 1.72 bits per heavy atom. The molecule has 0 aliphatic carbocycles. The highest BCUT2D eigenvalue weighted by molar-refractivity contribution is 7.92. The van der Waals surface area contributed by atoms with Crippen molar-refractivity contribution < 1.29 is 13.2 Å². The first-order valence-electron chi connectivity index (χ1n) is 9.21. The van der Waals surface area contributed by atoms with E-state index in [1.165, 1.54) is 18.3 Å². The van der Waals surface area contributed by atoms with Gasteiger partial charge in [0.05, 0.1) is 5.75 Å². The fourth-order valence-corrected chi connectivity index (χ4v) is 3.79. The summed E-state index contributed by atoms with van der Waals surface area (Å²) in [5.74, 6) is -0.288. The molecule has 1 aromatic heterocycles. The summed E-state index contributed by atoms with van der Waals surface area (Å²) < 4.78 is 27.2. The molecule has 0 saturated heterocycles. The van der Waals surface area contributed by atoms with Crippen molar-refractivity contribution in [3.8, 4) is 0 Å². The van der Waals surface area contributed by atoms with Gasteiger partial charge in [0.25, 0.3) is 5.91 Å². The van der Waals surface area contributed by atoms with Crippen LogP contribution in [0.25, 0.3) is 0 Å². The van der Waals surface area contributed by atoms with Gasteiger partial charge in [0.15, 0.2) is 0 Å². The number of nitrogens with zero attached hydrogens (tertiary/aromatic N) is 1. The molecular formula is C22H23N3O3S. The minimum Gasteiger partial charge on any atom is -0.322 e. The van der Waals surface area contributed by atoms with Gasteiger partial charge in [-0.15, -0.1) is 0 Å². The summed E-state index contributed by atoms with van der Waals surface area (Å²) in [6, 6.07) is 18.0. The van der Waals surface area contributed by atoms with Gasteiger partial charge < -0.3 is 5.32 Å². The van der Waals surface area contributed by atoms with Crippen molar-refractivity contribution in [2.75, 3.05) is 15.8 Å². The van der Waals surface area contributed by atoms with Crippen LogP contribution < -0.4 is 10.0 Å². The van der Waals surface area contributed by atoms with Crippen LogP contribution in [0.15, 0.2) is 66.9 Å². The maximum absolute atomic E-state index is 12.5. The number of sulfonamides is 1. The zero-order chi connectivity index (χ0) is 20.9. The Morgan fingerprint density at radius 1 is 0.966 bits per heavy atom. The van der Waals surface area contributed by atoms with Gasteiger partial charge >= 0.3 is 0 Å². The van der Waals surface area contributed by atoms with Gasteiger partial charge in [0.2, 0.25) is 10.0 Å². The maximum atomic E-state index is 12.5. The number of aromatic nitrogens is 1. The molecule has 1 amide bonds. The average Bonchev–Trinajstić information content (AvgIpc) is 2.70. The minimum absolute atomic E-state index is 0.0717. The first kappa shape index (κ1) is 20.5. The van der Waals surface area contributed by atoms with Crippen LogP contribution in [0.5, 0.6) is 0 Å². The molecule has 29 heavy (non-hydrogen) atoms. The number of pyridine rings is 1. The molecule has 1 heterocycles. The van der Waals surface area contributed by atoms with Crippen molar-refractivity contribution in [3.63, 3.8) is 0 Å². The van der Waals surface area contributed by atoms with Gasteiger partial charge in [-0.1, -0.05) is 36.4 Å². The van der Waals surface area contributed by atoms with Crippen LogP contribution in [0.1, 0.15) is 27.0 Å². The highest BCUT2D eigenvalue weighted by Crippen LogP contribution is 2.16. The first-order chi connectivity index (χ1) is 13.8. The number of carbonyl (C=O) groups excluding carboxylic acids is 1. The van der Waals surface area contributed by atoms with Gasteiger partial charge in [-0.25, -0.2) is 13.4 Å². The summed E-state index contributed by atoms with van der Waals surface area (Å²) in [7, 11) is -3.59. The van der Waals surface area contributed by atoms with E-state index in [1.807, 2.05) is 62.4 Å². The SMILES string of the molecule is Cc1ccc(NC(=O)c2ccnc(NS(=O)(=O)CCc3ccccc3)c2)cc1C. The Balaban J connectivity index is 1.66. The maximum Gasteiger partial charge on any atom is 0.255 e. The summed E-state index contributed by atoms with van der Waals surface area (Å²) in [6.45, 7) is 3.97. The lowest BCUT2D eigenvalue weighted by atomic mass is 10.1. The summed E-state index contributed by atoms with van der Waals surface area (Å²) in [4.78, 5) is 16.5. The topological polar surface area (TPSA) is 88.2 Å². The van der Waals surface area contributed by atoms with Crippen LogP contribution in [-0.4, -0.2) is 25.1 Å². The number of nitrogens with one attached hydrogen (secondary N) is 2. The molecule has 2 N–H and O–H groups in total. The molecule has 6 nitrogen and oxygen atoms in total. The van der Waals surface area contributed by atoms with Crippen LogP contribution in [0.4, 0.5) is 11.5 Å². The van der Waals surface area contributed by atoms with Gasteiger partial charge in [-0.3, -0.25) is 9.52 Å². The zero-order valence-electron chi connectivity index (χ0n) is 16.3. The molecule has 0 spiro atoms. The van der Waals surface area contributed by atoms with Crippen molar-refractivity contribution in [1.29, 1.82) is 0 Å². The molecule has 2 aromatic carbocycles. The number of aryl methyl sites for hydroxylation is 3. The third kappa shape index (κ3) is 5.89. The van der Waals surface area contributed by atoms with Gasteiger partial charge in [0.1, 0.15) is 5.82 Å². The van der Waals surface area contributed by atoms with E-state index in [2.05, 4.69) is 15.0 Å². The molecule has 7 heteroatoms. The van der Waals surface area contributed by atoms with Crippen LogP contribution in [-0.2, 0) is 16.4 Å². The number of amides is 1. The highest BCUT2D eigenvalue weighted by atomic mass is 32.2. The number of rotatable bonds is 7. The molecule has 0 fully saturated rings. The van der Waals surface area contributed by atoms with E-state index < -0.39 is 10.0 Å². The van der Waals surface area contributed by atoms with E-state index in [0.717, 1.165) is 16.7 Å². The summed E-state index contributed by atoms with van der Waals surface area (Å²) in [6.07, 6.45) is 1.80. The smallest absolute Gasteiger partial charge is 0.255 e. The van der Waals surface area contributed by atoms with Crippen LogP contribution in [0, 0.1) is 13.8 Å². The van der Waals surface area contributed by atoms with E-state index in [9.17, 15) is 13.2 Å². The Labute approximate surface area is 171 Å². The molecule has 0 bridgehead atoms. The minimum atomic E-state index is -3.59. The molecule has 150 valence electrons. The van der Waals surface area contributed by atoms with E-state index in [-0.39, 0.29) is 17.5 Å². The monoisotopic (exact) mass is 409 g/mol. The normalized spacial score (nSPS) is 11.1. The average molecular weight is 410 g/mol. The summed E-state index contributed by atoms with van der Waals surface area (Å²) >= 11 is 0. The molecule has 3 aromatic rings. The van der Waals surface area contributed by atoms with Crippen molar-refractivity contribution in [2.45, 2.75) is 20.3 Å². The van der Waals surface area contributed by atoms with Crippen LogP contribution in [0.2, 0.25) is 0 Å². The van der Waals surface area contributed by atoms with E-state index >= 15 is 0 Å².